The first-order valence-electron chi connectivity index (χ1n) is 9.71. The molecule has 1 atom stereocenters. The summed E-state index contributed by atoms with van der Waals surface area (Å²) in [6.07, 6.45) is -0.864. The van der Waals surface area contributed by atoms with Gasteiger partial charge in [0.25, 0.3) is 5.91 Å². The number of hydrazine groups is 1. The summed E-state index contributed by atoms with van der Waals surface area (Å²) >= 11 is 1.19. The lowest BCUT2D eigenvalue weighted by Gasteiger charge is -2.25. The molecule has 0 bridgehead atoms. The van der Waals surface area contributed by atoms with Gasteiger partial charge in [0.2, 0.25) is 12.0 Å². The first-order chi connectivity index (χ1) is 15.5. The van der Waals surface area contributed by atoms with Crippen LogP contribution < -0.4 is 25.1 Å². The summed E-state index contributed by atoms with van der Waals surface area (Å²) in [4.78, 5) is 24.6. The first kappa shape index (κ1) is 21.5. The van der Waals surface area contributed by atoms with Crippen molar-refractivity contribution in [1.29, 1.82) is 0 Å². The van der Waals surface area contributed by atoms with Crippen LogP contribution in [0.15, 0.2) is 53.7 Å². The van der Waals surface area contributed by atoms with Gasteiger partial charge in [-0.25, -0.2) is 0 Å². The molecule has 1 aliphatic rings. The number of rotatable bonds is 6. The Kier molecular flexibility index (Phi) is 6.45. The number of nitrogens with one attached hydrogen (secondary N) is 2. The van der Waals surface area contributed by atoms with Crippen molar-refractivity contribution in [3.8, 4) is 22.9 Å². The molecule has 166 valence electrons. The highest BCUT2D eigenvalue weighted by Gasteiger charge is 2.27. The summed E-state index contributed by atoms with van der Waals surface area (Å²) < 4.78 is 18.2. The van der Waals surface area contributed by atoms with Crippen molar-refractivity contribution in [2.45, 2.75) is 18.2 Å². The lowest BCUT2D eigenvalue weighted by molar-refractivity contribution is -0.134. The highest BCUT2D eigenvalue weighted by Crippen LogP contribution is 2.30. The molecule has 2 heterocycles. The molecular weight excluding hydrogens is 434 g/mol. The van der Waals surface area contributed by atoms with Crippen molar-refractivity contribution < 1.29 is 23.8 Å². The molecule has 0 fully saturated rings. The highest BCUT2D eigenvalue weighted by molar-refractivity contribution is 7.99. The maximum Gasteiger partial charge on any atom is 0.283 e. The molecule has 2 amide bonds. The van der Waals surface area contributed by atoms with Gasteiger partial charge in [0.15, 0.2) is 16.7 Å². The summed E-state index contributed by atoms with van der Waals surface area (Å²) in [5, 5.41) is 8.78. The van der Waals surface area contributed by atoms with Crippen LogP contribution in [0.4, 0.5) is 0 Å². The molecule has 32 heavy (non-hydrogen) atoms. The minimum Gasteiger partial charge on any atom is -0.497 e. The fraction of sp³-hybridized carbons (Fsp3) is 0.238. The second kappa shape index (κ2) is 9.60. The number of methoxy groups -OCH3 is 1. The van der Waals surface area contributed by atoms with Crippen molar-refractivity contribution in [2.75, 3.05) is 19.5 Å². The van der Waals surface area contributed by atoms with Crippen LogP contribution in [0.2, 0.25) is 0 Å². The Morgan fingerprint density at radius 3 is 2.78 bits per heavy atom. The molecule has 0 saturated heterocycles. The lowest BCUT2D eigenvalue weighted by Crippen LogP contribution is -2.51. The molecule has 3 aromatic rings. The molecule has 0 aliphatic carbocycles. The summed E-state index contributed by atoms with van der Waals surface area (Å²) in [5.74, 6) is 1.53. The number of carbonyl (C=O) groups excluding carboxylic acids is 2. The van der Waals surface area contributed by atoms with E-state index in [0.29, 0.717) is 28.2 Å². The zero-order valence-corrected chi connectivity index (χ0v) is 18.2. The highest BCUT2D eigenvalue weighted by atomic mass is 32.2. The summed E-state index contributed by atoms with van der Waals surface area (Å²) in [7, 11) is 1.59. The summed E-state index contributed by atoms with van der Waals surface area (Å²) in [6.45, 7) is 1.87. The van der Waals surface area contributed by atoms with Gasteiger partial charge in [-0.05, 0) is 31.2 Å². The molecule has 1 aromatic heterocycles. The predicted octanol–water partition coefficient (Wildman–Crippen LogP) is 1.66. The third kappa shape index (κ3) is 4.78. The standard InChI is InChI=1S/C21H21N5O5S/c1-13-22-25-21(26(13)14-6-5-7-15(10-14)29-2)32-12-19(27)23-24-20(28)18-11-30-16-8-3-4-9-17(16)31-18/h3-10,18H,11-12H2,1-2H3,(H,23,27)(H,24,28). The third-order valence-corrected chi connectivity index (χ3v) is 5.49. The summed E-state index contributed by atoms with van der Waals surface area (Å²) in [6, 6.07) is 14.5. The van der Waals surface area contributed by atoms with E-state index in [1.54, 1.807) is 25.3 Å². The van der Waals surface area contributed by atoms with E-state index in [1.807, 2.05) is 41.8 Å². The van der Waals surface area contributed by atoms with Crippen LogP contribution in [0.5, 0.6) is 17.2 Å². The minimum absolute atomic E-state index is 0.0211. The number of amides is 2. The van der Waals surface area contributed by atoms with Gasteiger partial charge in [-0.1, -0.05) is 30.0 Å². The zero-order chi connectivity index (χ0) is 22.5. The van der Waals surface area contributed by atoms with Crippen LogP contribution in [0.1, 0.15) is 5.82 Å². The van der Waals surface area contributed by atoms with Gasteiger partial charge in [-0.3, -0.25) is 25.0 Å². The molecule has 1 aliphatic heterocycles. The van der Waals surface area contributed by atoms with E-state index in [2.05, 4.69) is 21.0 Å². The predicted molar refractivity (Wildman–Crippen MR) is 116 cm³/mol. The van der Waals surface area contributed by atoms with Gasteiger partial charge in [0, 0.05) is 6.07 Å². The Labute approximate surface area is 188 Å². The number of nitrogens with zero attached hydrogens (tertiary/aromatic N) is 3. The average molecular weight is 455 g/mol. The maximum absolute atomic E-state index is 12.3. The van der Waals surface area contributed by atoms with Crippen molar-refractivity contribution in [3.05, 3.63) is 54.4 Å². The van der Waals surface area contributed by atoms with Crippen molar-refractivity contribution in [2.24, 2.45) is 0 Å². The number of thioether (sulfide) groups is 1. The van der Waals surface area contributed by atoms with E-state index in [-0.39, 0.29) is 12.4 Å². The number of hydrogen-bond acceptors (Lipinski definition) is 8. The summed E-state index contributed by atoms with van der Waals surface area (Å²) in [5.41, 5.74) is 5.57. The van der Waals surface area contributed by atoms with E-state index >= 15 is 0 Å². The van der Waals surface area contributed by atoms with E-state index in [1.165, 1.54) is 11.8 Å². The number of benzene rings is 2. The van der Waals surface area contributed by atoms with E-state index in [0.717, 1.165) is 5.69 Å². The fourth-order valence-corrected chi connectivity index (χ4v) is 3.81. The van der Waals surface area contributed by atoms with Crippen LogP contribution in [0.3, 0.4) is 0 Å². The van der Waals surface area contributed by atoms with Crippen LogP contribution in [0.25, 0.3) is 5.69 Å². The largest absolute Gasteiger partial charge is 0.497 e. The Bertz CT molecular complexity index is 1140. The van der Waals surface area contributed by atoms with Gasteiger partial charge in [0.05, 0.1) is 18.6 Å². The van der Waals surface area contributed by atoms with Crippen LogP contribution in [-0.2, 0) is 9.59 Å². The van der Waals surface area contributed by atoms with Gasteiger partial charge in [-0.2, -0.15) is 0 Å². The van der Waals surface area contributed by atoms with Crippen molar-refractivity contribution in [3.63, 3.8) is 0 Å². The molecule has 0 spiro atoms. The molecule has 2 aromatic carbocycles. The van der Waals surface area contributed by atoms with Crippen LogP contribution in [0, 0.1) is 6.92 Å². The molecule has 11 heteroatoms. The number of ether oxygens (including phenoxy) is 3. The van der Waals surface area contributed by atoms with Crippen molar-refractivity contribution in [1.82, 2.24) is 25.6 Å². The van der Waals surface area contributed by atoms with Crippen molar-refractivity contribution >= 4 is 23.6 Å². The Morgan fingerprint density at radius 2 is 1.97 bits per heavy atom. The van der Waals surface area contributed by atoms with E-state index in [9.17, 15) is 9.59 Å². The number of hydrogen-bond donors (Lipinski definition) is 2. The normalized spacial score (nSPS) is 14.5. The smallest absolute Gasteiger partial charge is 0.283 e. The van der Waals surface area contributed by atoms with Gasteiger partial charge in [0.1, 0.15) is 18.2 Å². The molecular formula is C21H21N5O5S. The molecule has 1 unspecified atom stereocenters. The monoisotopic (exact) mass is 455 g/mol. The Morgan fingerprint density at radius 1 is 1.16 bits per heavy atom. The molecule has 0 saturated carbocycles. The number of aryl methyl sites for hydroxylation is 1. The van der Waals surface area contributed by atoms with Crippen LogP contribution >= 0.6 is 11.8 Å². The van der Waals surface area contributed by atoms with E-state index in [4.69, 9.17) is 14.2 Å². The fourth-order valence-electron chi connectivity index (χ4n) is 3.01. The Balaban J connectivity index is 1.31. The maximum atomic E-state index is 12.3. The lowest BCUT2D eigenvalue weighted by atomic mass is 10.2. The third-order valence-electron chi connectivity index (χ3n) is 4.57. The van der Waals surface area contributed by atoms with Gasteiger partial charge < -0.3 is 14.2 Å². The first-order valence-corrected chi connectivity index (χ1v) is 10.7. The second-order valence-corrected chi connectivity index (χ2v) is 7.70. The Hall–Kier alpha value is -3.73. The number of carbonyl (C=O) groups is 2. The zero-order valence-electron chi connectivity index (χ0n) is 17.4. The van der Waals surface area contributed by atoms with Gasteiger partial charge in [-0.15, -0.1) is 10.2 Å². The van der Waals surface area contributed by atoms with Crippen LogP contribution in [-0.4, -0.2) is 52.2 Å². The topological polar surface area (TPSA) is 117 Å². The second-order valence-electron chi connectivity index (χ2n) is 6.76. The minimum atomic E-state index is -0.864. The number of para-hydroxylation sites is 2. The molecule has 2 N–H and O–H groups in total. The van der Waals surface area contributed by atoms with E-state index < -0.39 is 17.9 Å². The number of fused-ring (bicyclic) bond motifs is 1. The molecule has 10 nitrogen and oxygen atoms in total. The quantitative estimate of drug-likeness (QED) is 0.426. The molecule has 0 radical (unpaired) electrons. The van der Waals surface area contributed by atoms with Gasteiger partial charge >= 0.3 is 0 Å². The number of aromatic nitrogens is 3. The molecule has 4 rings (SSSR count). The average Bonchev–Trinajstić information content (AvgIpc) is 3.21. The SMILES string of the molecule is COc1cccc(-n2c(C)nnc2SCC(=O)NNC(=O)C2COc3ccccc3O2)c1.